The molecule has 0 aliphatic heterocycles. The van der Waals surface area contributed by atoms with E-state index in [0.29, 0.717) is 10.5 Å². The number of nitrogens with one attached hydrogen (secondary N) is 1. The van der Waals surface area contributed by atoms with Gasteiger partial charge in [0.15, 0.2) is 0 Å². The summed E-state index contributed by atoms with van der Waals surface area (Å²) in [5, 5.41) is 13.0. The van der Waals surface area contributed by atoms with E-state index in [1.165, 1.54) is 7.11 Å². The molecule has 1 fully saturated rings. The van der Waals surface area contributed by atoms with Crippen LogP contribution in [0.25, 0.3) is 0 Å². The van der Waals surface area contributed by atoms with Crippen LogP contribution in [0.5, 0.6) is 0 Å². The third kappa shape index (κ3) is 3.87. The van der Waals surface area contributed by atoms with Gasteiger partial charge in [-0.05, 0) is 39.2 Å². The van der Waals surface area contributed by atoms with Gasteiger partial charge < -0.3 is 15.2 Å². The fourth-order valence-corrected chi connectivity index (χ4v) is 4.21. The minimum Gasteiger partial charge on any atom is -0.468 e. The highest BCUT2D eigenvalue weighted by atomic mass is 32.2. The second kappa shape index (κ2) is 7.36. The zero-order valence-electron chi connectivity index (χ0n) is 11.6. The van der Waals surface area contributed by atoms with Crippen LogP contribution in [0.4, 0.5) is 0 Å². The fraction of sp³-hybridized carbons (Fsp3) is 0.923. The van der Waals surface area contributed by atoms with Crippen LogP contribution in [0.2, 0.25) is 0 Å². The predicted octanol–water partition coefficient (Wildman–Crippen LogP) is 1.56. The van der Waals surface area contributed by atoms with Gasteiger partial charge >= 0.3 is 5.97 Å². The van der Waals surface area contributed by atoms with Gasteiger partial charge in [-0.1, -0.05) is 6.92 Å². The van der Waals surface area contributed by atoms with Gasteiger partial charge in [0, 0.05) is 17.1 Å². The van der Waals surface area contributed by atoms with Gasteiger partial charge in [0.2, 0.25) is 0 Å². The summed E-state index contributed by atoms with van der Waals surface area (Å²) in [6, 6.07) is 0. The Morgan fingerprint density at radius 1 is 1.67 bits per heavy atom. The SMILES string of the molecule is CNC1(C(=O)OC)CCCC(SC(C)CCO)C1. The van der Waals surface area contributed by atoms with Crippen LogP contribution < -0.4 is 5.32 Å². The van der Waals surface area contributed by atoms with Crippen molar-refractivity contribution in [2.75, 3.05) is 20.8 Å². The van der Waals surface area contributed by atoms with Crippen molar-refractivity contribution in [3.8, 4) is 0 Å². The molecule has 0 aromatic heterocycles. The molecule has 0 spiro atoms. The Morgan fingerprint density at radius 3 is 2.94 bits per heavy atom. The lowest BCUT2D eigenvalue weighted by atomic mass is 9.81. The van der Waals surface area contributed by atoms with E-state index in [9.17, 15) is 4.79 Å². The molecule has 0 radical (unpaired) electrons. The fourth-order valence-electron chi connectivity index (χ4n) is 2.63. The molecule has 0 amide bonds. The number of thioether (sulfide) groups is 1. The number of esters is 1. The molecular formula is C13H25NO3S. The summed E-state index contributed by atoms with van der Waals surface area (Å²) in [6.45, 7) is 2.36. The lowest BCUT2D eigenvalue weighted by molar-refractivity contribution is -0.149. The summed E-state index contributed by atoms with van der Waals surface area (Å²) in [6.07, 6.45) is 4.66. The van der Waals surface area contributed by atoms with Gasteiger partial charge in [-0.3, -0.25) is 4.79 Å². The standard InChI is InChI=1S/C13H25NO3S/c1-10(6-8-15)18-11-5-4-7-13(9-11,14-2)12(16)17-3/h10-11,14-15H,4-9H2,1-3H3. The topological polar surface area (TPSA) is 58.6 Å². The van der Waals surface area contributed by atoms with Crippen molar-refractivity contribution in [2.24, 2.45) is 0 Å². The van der Waals surface area contributed by atoms with Crippen molar-refractivity contribution < 1.29 is 14.6 Å². The number of methoxy groups -OCH3 is 1. The Balaban J connectivity index is 2.61. The Morgan fingerprint density at radius 2 is 2.39 bits per heavy atom. The van der Waals surface area contributed by atoms with Crippen LogP contribution in [0.1, 0.15) is 39.0 Å². The number of aliphatic hydroxyl groups is 1. The lowest BCUT2D eigenvalue weighted by Crippen LogP contribution is -2.54. The maximum absolute atomic E-state index is 11.9. The van der Waals surface area contributed by atoms with Crippen molar-refractivity contribution in [3.63, 3.8) is 0 Å². The number of rotatable bonds is 6. The zero-order valence-corrected chi connectivity index (χ0v) is 12.4. The summed E-state index contributed by atoms with van der Waals surface area (Å²) < 4.78 is 4.93. The molecule has 1 aliphatic carbocycles. The molecule has 2 N–H and O–H groups in total. The monoisotopic (exact) mass is 275 g/mol. The lowest BCUT2D eigenvalue weighted by Gasteiger charge is -2.38. The van der Waals surface area contributed by atoms with E-state index in [1.54, 1.807) is 0 Å². The van der Waals surface area contributed by atoms with Crippen LogP contribution in [-0.4, -0.2) is 47.9 Å². The van der Waals surface area contributed by atoms with Crippen LogP contribution >= 0.6 is 11.8 Å². The quantitative estimate of drug-likeness (QED) is 0.721. The molecule has 3 unspecified atom stereocenters. The molecule has 1 rings (SSSR count). The minimum atomic E-state index is -0.510. The highest BCUT2D eigenvalue weighted by Gasteiger charge is 2.42. The van der Waals surface area contributed by atoms with Crippen LogP contribution in [0.15, 0.2) is 0 Å². The predicted molar refractivity (Wildman–Crippen MR) is 74.8 cm³/mol. The normalized spacial score (nSPS) is 29.9. The van der Waals surface area contributed by atoms with Gasteiger partial charge in [0.1, 0.15) is 5.54 Å². The molecule has 3 atom stereocenters. The number of carbonyl (C=O) groups is 1. The molecule has 0 saturated heterocycles. The molecule has 106 valence electrons. The summed E-state index contributed by atoms with van der Waals surface area (Å²) in [4.78, 5) is 11.9. The molecule has 5 heteroatoms. The Hall–Kier alpha value is -0.260. The maximum atomic E-state index is 11.9. The van der Waals surface area contributed by atoms with Crippen molar-refractivity contribution >= 4 is 17.7 Å². The highest BCUT2D eigenvalue weighted by Crippen LogP contribution is 2.37. The Bertz CT molecular complexity index is 275. The first-order chi connectivity index (χ1) is 8.57. The second-order valence-electron chi connectivity index (χ2n) is 5.00. The average molecular weight is 275 g/mol. The van der Waals surface area contributed by atoms with Crippen molar-refractivity contribution in [2.45, 2.75) is 55.1 Å². The molecule has 1 saturated carbocycles. The van der Waals surface area contributed by atoms with Crippen LogP contribution in [0, 0.1) is 0 Å². The van der Waals surface area contributed by atoms with E-state index in [-0.39, 0.29) is 12.6 Å². The number of aliphatic hydroxyl groups excluding tert-OH is 1. The summed E-state index contributed by atoms with van der Waals surface area (Å²) in [5.41, 5.74) is -0.510. The number of ether oxygens (including phenoxy) is 1. The van der Waals surface area contributed by atoms with Gasteiger partial charge in [0.05, 0.1) is 7.11 Å². The molecule has 0 aromatic carbocycles. The average Bonchev–Trinajstić information content (AvgIpc) is 2.38. The molecule has 18 heavy (non-hydrogen) atoms. The Kier molecular flexibility index (Phi) is 6.46. The van der Waals surface area contributed by atoms with E-state index < -0.39 is 5.54 Å². The molecule has 0 aromatic rings. The van der Waals surface area contributed by atoms with Gasteiger partial charge in [-0.15, -0.1) is 0 Å². The van der Waals surface area contributed by atoms with E-state index in [1.807, 2.05) is 18.8 Å². The molecular weight excluding hydrogens is 250 g/mol. The molecule has 0 heterocycles. The van der Waals surface area contributed by atoms with Gasteiger partial charge in [-0.25, -0.2) is 0 Å². The first-order valence-electron chi connectivity index (χ1n) is 6.61. The van der Waals surface area contributed by atoms with E-state index in [0.717, 1.165) is 32.1 Å². The summed E-state index contributed by atoms with van der Waals surface area (Å²) in [5.74, 6) is -0.148. The highest BCUT2D eigenvalue weighted by molar-refractivity contribution is 8.00. The van der Waals surface area contributed by atoms with E-state index >= 15 is 0 Å². The molecule has 4 nitrogen and oxygen atoms in total. The third-order valence-corrected chi connectivity index (χ3v) is 5.21. The largest absolute Gasteiger partial charge is 0.468 e. The summed E-state index contributed by atoms with van der Waals surface area (Å²) in [7, 11) is 3.29. The van der Waals surface area contributed by atoms with Crippen LogP contribution in [0.3, 0.4) is 0 Å². The Labute approximate surface area is 114 Å². The van der Waals surface area contributed by atoms with Crippen LogP contribution in [-0.2, 0) is 9.53 Å². The van der Waals surface area contributed by atoms with Gasteiger partial charge in [0.25, 0.3) is 0 Å². The first-order valence-corrected chi connectivity index (χ1v) is 7.56. The zero-order chi connectivity index (χ0) is 13.6. The van der Waals surface area contributed by atoms with Crippen molar-refractivity contribution in [1.82, 2.24) is 5.32 Å². The smallest absolute Gasteiger partial charge is 0.326 e. The molecule has 1 aliphatic rings. The number of carbonyl (C=O) groups excluding carboxylic acids is 1. The number of hydrogen-bond acceptors (Lipinski definition) is 5. The number of likely N-dealkylation sites (N-methyl/N-ethyl adjacent to an activating group) is 1. The number of hydrogen-bond donors (Lipinski definition) is 2. The maximum Gasteiger partial charge on any atom is 0.326 e. The third-order valence-electron chi connectivity index (χ3n) is 3.72. The van der Waals surface area contributed by atoms with Gasteiger partial charge in [-0.2, -0.15) is 11.8 Å². The van der Waals surface area contributed by atoms with E-state index in [4.69, 9.17) is 9.84 Å². The first kappa shape index (κ1) is 15.8. The summed E-state index contributed by atoms with van der Waals surface area (Å²) >= 11 is 1.88. The van der Waals surface area contributed by atoms with Crippen molar-refractivity contribution in [3.05, 3.63) is 0 Å². The molecule has 0 bridgehead atoms. The van der Waals surface area contributed by atoms with Crippen molar-refractivity contribution in [1.29, 1.82) is 0 Å². The minimum absolute atomic E-state index is 0.148. The van der Waals surface area contributed by atoms with E-state index in [2.05, 4.69) is 12.2 Å². The second-order valence-corrected chi connectivity index (χ2v) is 6.74.